The Balaban J connectivity index is 1.53. The van der Waals surface area contributed by atoms with Crippen LogP contribution in [0.15, 0.2) is 48.8 Å². The number of nitrogens with zero attached hydrogens (tertiary/aromatic N) is 3. The summed E-state index contributed by atoms with van der Waals surface area (Å²) in [5.41, 5.74) is 2.40. The molecular formula is C18H17N3O3. The van der Waals surface area contributed by atoms with E-state index in [9.17, 15) is 4.79 Å². The molecule has 0 bridgehead atoms. The second-order valence-electron chi connectivity index (χ2n) is 5.64. The number of aryl methyl sites for hydroxylation is 1. The van der Waals surface area contributed by atoms with Crippen molar-refractivity contribution >= 4 is 17.2 Å². The highest BCUT2D eigenvalue weighted by Crippen LogP contribution is 2.31. The van der Waals surface area contributed by atoms with Gasteiger partial charge in [-0.05, 0) is 31.2 Å². The van der Waals surface area contributed by atoms with E-state index in [0.717, 1.165) is 17.1 Å². The molecule has 0 saturated heterocycles. The molecule has 2 aromatic heterocycles. The molecule has 24 heavy (non-hydrogen) atoms. The Morgan fingerprint density at radius 2 is 2.17 bits per heavy atom. The Morgan fingerprint density at radius 1 is 1.29 bits per heavy atom. The standard InChI is InChI=1S/C18H17N3O3/c1-13-11-20-8-4-7-16(18(20)19-13)24-12-17(22)21-9-10-23-15-6-3-2-5-14(15)21/h2-8,11H,9-10,12H2,1H3. The van der Waals surface area contributed by atoms with Crippen molar-refractivity contribution in [3.05, 3.63) is 54.5 Å². The van der Waals surface area contributed by atoms with Gasteiger partial charge in [-0.25, -0.2) is 4.98 Å². The van der Waals surface area contributed by atoms with E-state index in [0.29, 0.717) is 24.5 Å². The fraction of sp³-hybridized carbons (Fsp3) is 0.222. The van der Waals surface area contributed by atoms with Crippen LogP contribution in [0, 0.1) is 6.92 Å². The molecule has 122 valence electrons. The summed E-state index contributed by atoms with van der Waals surface area (Å²) >= 11 is 0. The fourth-order valence-electron chi connectivity index (χ4n) is 2.87. The number of anilines is 1. The topological polar surface area (TPSA) is 56.1 Å². The molecule has 0 atom stereocenters. The van der Waals surface area contributed by atoms with Gasteiger partial charge in [-0.2, -0.15) is 0 Å². The molecule has 1 aliphatic rings. The molecule has 0 aliphatic carbocycles. The predicted molar refractivity (Wildman–Crippen MR) is 89.7 cm³/mol. The van der Waals surface area contributed by atoms with Crippen LogP contribution in [0.5, 0.6) is 11.5 Å². The summed E-state index contributed by atoms with van der Waals surface area (Å²) in [6.45, 7) is 2.89. The van der Waals surface area contributed by atoms with Crippen molar-refractivity contribution < 1.29 is 14.3 Å². The molecule has 6 nitrogen and oxygen atoms in total. The molecule has 1 aliphatic heterocycles. The first kappa shape index (κ1) is 14.6. The monoisotopic (exact) mass is 323 g/mol. The summed E-state index contributed by atoms with van der Waals surface area (Å²) in [5.74, 6) is 1.22. The Labute approximate surface area is 139 Å². The van der Waals surface area contributed by atoms with E-state index in [1.165, 1.54) is 0 Å². The van der Waals surface area contributed by atoms with E-state index in [-0.39, 0.29) is 12.5 Å². The van der Waals surface area contributed by atoms with Crippen molar-refractivity contribution in [1.82, 2.24) is 9.38 Å². The molecule has 3 heterocycles. The fourth-order valence-corrected chi connectivity index (χ4v) is 2.87. The van der Waals surface area contributed by atoms with Crippen LogP contribution in [0.2, 0.25) is 0 Å². The van der Waals surface area contributed by atoms with Crippen molar-refractivity contribution in [3.63, 3.8) is 0 Å². The van der Waals surface area contributed by atoms with Crippen LogP contribution in [0.4, 0.5) is 5.69 Å². The number of para-hydroxylation sites is 2. The summed E-state index contributed by atoms with van der Waals surface area (Å²) in [6.07, 6.45) is 3.82. The maximum Gasteiger partial charge on any atom is 0.265 e. The van der Waals surface area contributed by atoms with Crippen molar-refractivity contribution in [2.45, 2.75) is 6.92 Å². The first-order valence-corrected chi connectivity index (χ1v) is 7.82. The molecule has 0 spiro atoms. The third-order valence-electron chi connectivity index (χ3n) is 3.95. The van der Waals surface area contributed by atoms with Gasteiger partial charge in [0.15, 0.2) is 18.0 Å². The van der Waals surface area contributed by atoms with Gasteiger partial charge >= 0.3 is 0 Å². The lowest BCUT2D eigenvalue weighted by Gasteiger charge is -2.29. The van der Waals surface area contributed by atoms with E-state index in [1.807, 2.05) is 60.1 Å². The third-order valence-corrected chi connectivity index (χ3v) is 3.95. The Hall–Kier alpha value is -3.02. The number of fused-ring (bicyclic) bond motifs is 2. The summed E-state index contributed by atoms with van der Waals surface area (Å²) in [6, 6.07) is 11.2. The molecule has 0 saturated carbocycles. The Morgan fingerprint density at radius 3 is 3.08 bits per heavy atom. The van der Waals surface area contributed by atoms with Gasteiger partial charge in [-0.15, -0.1) is 0 Å². The second kappa shape index (κ2) is 5.88. The smallest absolute Gasteiger partial charge is 0.265 e. The highest BCUT2D eigenvalue weighted by molar-refractivity contribution is 5.96. The van der Waals surface area contributed by atoms with Gasteiger partial charge in [0.1, 0.15) is 12.4 Å². The molecule has 0 unspecified atom stereocenters. The van der Waals surface area contributed by atoms with E-state index in [1.54, 1.807) is 4.90 Å². The molecule has 0 radical (unpaired) electrons. The van der Waals surface area contributed by atoms with Gasteiger partial charge in [-0.1, -0.05) is 12.1 Å². The number of amides is 1. The summed E-state index contributed by atoms with van der Waals surface area (Å²) in [7, 11) is 0. The van der Waals surface area contributed by atoms with Crippen molar-refractivity contribution in [3.8, 4) is 11.5 Å². The third kappa shape index (κ3) is 2.56. The molecule has 0 N–H and O–H groups in total. The number of rotatable bonds is 3. The molecule has 1 amide bonds. The average Bonchev–Trinajstić information content (AvgIpc) is 3.00. The largest absolute Gasteiger partial charge is 0.490 e. The minimum Gasteiger partial charge on any atom is -0.490 e. The van der Waals surface area contributed by atoms with Crippen LogP contribution < -0.4 is 14.4 Å². The number of benzene rings is 1. The van der Waals surface area contributed by atoms with Gasteiger partial charge in [0.05, 0.1) is 17.9 Å². The Kier molecular flexibility index (Phi) is 3.57. The van der Waals surface area contributed by atoms with E-state index in [4.69, 9.17) is 9.47 Å². The quantitative estimate of drug-likeness (QED) is 0.743. The number of carbonyl (C=O) groups excluding carboxylic acids is 1. The lowest BCUT2D eigenvalue weighted by molar-refractivity contribution is -0.120. The second-order valence-corrected chi connectivity index (χ2v) is 5.64. The predicted octanol–water partition coefficient (Wildman–Crippen LogP) is 2.45. The number of imidazole rings is 1. The number of pyridine rings is 1. The molecular weight excluding hydrogens is 306 g/mol. The summed E-state index contributed by atoms with van der Waals surface area (Å²) < 4.78 is 13.2. The van der Waals surface area contributed by atoms with Crippen LogP contribution >= 0.6 is 0 Å². The zero-order chi connectivity index (χ0) is 16.5. The first-order valence-electron chi connectivity index (χ1n) is 7.82. The lowest BCUT2D eigenvalue weighted by Crippen LogP contribution is -2.40. The van der Waals surface area contributed by atoms with Crippen LogP contribution in [0.3, 0.4) is 0 Å². The van der Waals surface area contributed by atoms with E-state index >= 15 is 0 Å². The maximum atomic E-state index is 12.6. The van der Waals surface area contributed by atoms with Crippen molar-refractivity contribution in [2.75, 3.05) is 24.7 Å². The van der Waals surface area contributed by atoms with Gasteiger partial charge in [-0.3, -0.25) is 4.79 Å². The number of hydrogen-bond donors (Lipinski definition) is 0. The minimum atomic E-state index is -0.101. The highest BCUT2D eigenvalue weighted by atomic mass is 16.5. The zero-order valence-electron chi connectivity index (χ0n) is 13.3. The van der Waals surface area contributed by atoms with Crippen LogP contribution in [0.1, 0.15) is 5.69 Å². The first-order chi connectivity index (χ1) is 11.7. The molecule has 0 fully saturated rings. The van der Waals surface area contributed by atoms with E-state index < -0.39 is 0 Å². The summed E-state index contributed by atoms with van der Waals surface area (Å²) in [4.78, 5) is 18.7. The maximum absolute atomic E-state index is 12.6. The van der Waals surface area contributed by atoms with Gasteiger partial charge in [0, 0.05) is 12.4 Å². The molecule has 1 aromatic carbocycles. The minimum absolute atomic E-state index is 0.0418. The van der Waals surface area contributed by atoms with Crippen LogP contribution in [-0.4, -0.2) is 35.1 Å². The van der Waals surface area contributed by atoms with Crippen molar-refractivity contribution in [2.24, 2.45) is 0 Å². The van der Waals surface area contributed by atoms with Crippen LogP contribution in [0.25, 0.3) is 5.65 Å². The molecule has 3 aromatic rings. The van der Waals surface area contributed by atoms with Gasteiger partial charge in [0.2, 0.25) is 0 Å². The van der Waals surface area contributed by atoms with Gasteiger partial charge < -0.3 is 18.8 Å². The number of ether oxygens (including phenoxy) is 2. The Bertz CT molecular complexity index is 903. The SMILES string of the molecule is Cc1cn2cccc(OCC(=O)N3CCOc4ccccc43)c2n1. The number of carbonyl (C=O) groups is 1. The van der Waals surface area contributed by atoms with Gasteiger partial charge in [0.25, 0.3) is 5.91 Å². The molecule has 6 heteroatoms. The number of aromatic nitrogens is 2. The average molecular weight is 323 g/mol. The van der Waals surface area contributed by atoms with E-state index in [2.05, 4.69) is 4.98 Å². The normalized spacial score (nSPS) is 13.5. The highest BCUT2D eigenvalue weighted by Gasteiger charge is 2.23. The van der Waals surface area contributed by atoms with Crippen LogP contribution in [-0.2, 0) is 4.79 Å². The van der Waals surface area contributed by atoms with Crippen molar-refractivity contribution in [1.29, 1.82) is 0 Å². The molecule has 4 rings (SSSR count). The lowest BCUT2D eigenvalue weighted by atomic mass is 10.2. The zero-order valence-corrected chi connectivity index (χ0v) is 13.3. The number of hydrogen-bond acceptors (Lipinski definition) is 4. The summed E-state index contributed by atoms with van der Waals surface area (Å²) in [5, 5.41) is 0.